The molecular formula is C14H16ClNS. The molecule has 0 saturated carbocycles. The van der Waals surface area contributed by atoms with Gasteiger partial charge in [0.05, 0.1) is 0 Å². The van der Waals surface area contributed by atoms with E-state index in [2.05, 4.69) is 35.1 Å². The zero-order valence-electron chi connectivity index (χ0n) is 9.82. The lowest BCUT2D eigenvalue weighted by Crippen LogP contribution is -2.27. The van der Waals surface area contributed by atoms with Crippen LogP contribution in [0.15, 0.2) is 41.1 Å². The first-order valence-corrected chi connectivity index (χ1v) is 7.05. The van der Waals surface area contributed by atoms with Crippen LogP contribution < -0.4 is 5.32 Å². The molecule has 90 valence electrons. The summed E-state index contributed by atoms with van der Waals surface area (Å²) in [6.07, 6.45) is 0.962. The molecule has 0 radical (unpaired) electrons. The normalized spacial score (nSPS) is 12.6. The summed E-state index contributed by atoms with van der Waals surface area (Å²) in [5, 5.41) is 8.65. The van der Waals surface area contributed by atoms with Crippen LogP contribution in [0, 0.1) is 0 Å². The van der Waals surface area contributed by atoms with E-state index in [4.69, 9.17) is 11.6 Å². The van der Waals surface area contributed by atoms with Crippen LogP contribution in [0.5, 0.6) is 0 Å². The Kier molecular flexibility index (Phi) is 4.60. The second-order valence-corrected chi connectivity index (χ2v) is 5.40. The molecule has 17 heavy (non-hydrogen) atoms. The predicted molar refractivity (Wildman–Crippen MR) is 75.8 cm³/mol. The van der Waals surface area contributed by atoms with Gasteiger partial charge >= 0.3 is 0 Å². The molecule has 2 aromatic rings. The SMILES string of the molecule is CC(Cc1ccccc1Cl)NCc1ccsc1. The van der Waals surface area contributed by atoms with E-state index in [1.54, 1.807) is 11.3 Å². The quantitative estimate of drug-likeness (QED) is 0.857. The Labute approximate surface area is 111 Å². The fraction of sp³-hybridized carbons (Fsp3) is 0.286. The summed E-state index contributed by atoms with van der Waals surface area (Å²) in [4.78, 5) is 0. The minimum Gasteiger partial charge on any atom is -0.310 e. The lowest BCUT2D eigenvalue weighted by molar-refractivity contribution is 0.546. The Morgan fingerprint density at radius 3 is 2.82 bits per heavy atom. The zero-order chi connectivity index (χ0) is 12.1. The van der Waals surface area contributed by atoms with Crippen molar-refractivity contribution >= 4 is 22.9 Å². The van der Waals surface area contributed by atoms with E-state index >= 15 is 0 Å². The molecule has 0 saturated heterocycles. The number of hydrogen-bond donors (Lipinski definition) is 1. The van der Waals surface area contributed by atoms with E-state index in [0.29, 0.717) is 6.04 Å². The molecule has 1 atom stereocenters. The molecule has 0 spiro atoms. The Morgan fingerprint density at radius 1 is 1.29 bits per heavy atom. The first kappa shape index (κ1) is 12.6. The molecule has 1 N–H and O–H groups in total. The molecule has 0 aliphatic carbocycles. The van der Waals surface area contributed by atoms with Gasteiger partial charge in [-0.3, -0.25) is 0 Å². The number of benzene rings is 1. The number of hydrogen-bond acceptors (Lipinski definition) is 2. The maximum absolute atomic E-state index is 6.14. The maximum Gasteiger partial charge on any atom is 0.0438 e. The van der Waals surface area contributed by atoms with Gasteiger partial charge in [-0.25, -0.2) is 0 Å². The van der Waals surface area contributed by atoms with Crippen LogP contribution in [0.4, 0.5) is 0 Å². The van der Waals surface area contributed by atoms with Crippen molar-refractivity contribution < 1.29 is 0 Å². The van der Waals surface area contributed by atoms with Crippen molar-refractivity contribution in [1.29, 1.82) is 0 Å². The Balaban J connectivity index is 1.85. The highest BCUT2D eigenvalue weighted by Crippen LogP contribution is 2.16. The number of nitrogens with one attached hydrogen (secondary N) is 1. The summed E-state index contributed by atoms with van der Waals surface area (Å²) < 4.78 is 0. The highest BCUT2D eigenvalue weighted by Gasteiger charge is 2.06. The zero-order valence-corrected chi connectivity index (χ0v) is 11.4. The number of thiophene rings is 1. The second-order valence-electron chi connectivity index (χ2n) is 4.21. The Morgan fingerprint density at radius 2 is 2.12 bits per heavy atom. The minimum atomic E-state index is 0.426. The van der Waals surface area contributed by atoms with Crippen LogP contribution in [0.25, 0.3) is 0 Å². The number of rotatable bonds is 5. The van der Waals surface area contributed by atoms with E-state index in [0.717, 1.165) is 18.0 Å². The molecular weight excluding hydrogens is 250 g/mol. The van der Waals surface area contributed by atoms with Crippen LogP contribution in [-0.4, -0.2) is 6.04 Å². The van der Waals surface area contributed by atoms with Crippen LogP contribution >= 0.6 is 22.9 Å². The molecule has 3 heteroatoms. The van der Waals surface area contributed by atoms with E-state index in [9.17, 15) is 0 Å². The molecule has 1 nitrogen and oxygen atoms in total. The average Bonchev–Trinajstić information content (AvgIpc) is 2.82. The van der Waals surface area contributed by atoms with Crippen LogP contribution in [0.2, 0.25) is 5.02 Å². The van der Waals surface area contributed by atoms with Crippen molar-refractivity contribution in [3.8, 4) is 0 Å². The highest BCUT2D eigenvalue weighted by molar-refractivity contribution is 7.07. The van der Waals surface area contributed by atoms with Gasteiger partial charge in [0, 0.05) is 17.6 Å². The van der Waals surface area contributed by atoms with Crippen molar-refractivity contribution in [1.82, 2.24) is 5.32 Å². The van der Waals surface area contributed by atoms with Crippen molar-refractivity contribution in [3.05, 3.63) is 57.2 Å². The topological polar surface area (TPSA) is 12.0 Å². The fourth-order valence-electron chi connectivity index (χ4n) is 1.75. The fourth-order valence-corrected chi connectivity index (χ4v) is 2.63. The third kappa shape index (κ3) is 3.84. The monoisotopic (exact) mass is 265 g/mol. The van der Waals surface area contributed by atoms with Gasteiger partial charge in [0.15, 0.2) is 0 Å². The summed E-state index contributed by atoms with van der Waals surface area (Å²) in [7, 11) is 0. The highest BCUT2D eigenvalue weighted by atomic mass is 35.5. The molecule has 0 bridgehead atoms. The van der Waals surface area contributed by atoms with Gasteiger partial charge in [-0.1, -0.05) is 29.8 Å². The van der Waals surface area contributed by atoms with Gasteiger partial charge in [-0.05, 0) is 47.4 Å². The van der Waals surface area contributed by atoms with Gasteiger partial charge in [0.25, 0.3) is 0 Å². The summed E-state index contributed by atoms with van der Waals surface area (Å²) in [5.74, 6) is 0. The van der Waals surface area contributed by atoms with Crippen LogP contribution in [0.1, 0.15) is 18.1 Å². The second kappa shape index (κ2) is 6.20. The average molecular weight is 266 g/mol. The number of halogens is 1. The van der Waals surface area contributed by atoms with Crippen LogP contribution in [-0.2, 0) is 13.0 Å². The van der Waals surface area contributed by atoms with Gasteiger partial charge in [-0.15, -0.1) is 0 Å². The third-order valence-corrected chi connectivity index (χ3v) is 3.82. The van der Waals surface area contributed by atoms with Crippen molar-refractivity contribution in [3.63, 3.8) is 0 Å². The summed E-state index contributed by atoms with van der Waals surface area (Å²) in [6, 6.07) is 10.6. The predicted octanol–water partition coefficient (Wildman–Crippen LogP) is 4.12. The standard InChI is InChI=1S/C14H16ClNS/c1-11(16-9-12-6-7-17-10-12)8-13-4-2-3-5-14(13)15/h2-7,10-11,16H,8-9H2,1H3. The molecule has 1 aromatic heterocycles. The third-order valence-electron chi connectivity index (χ3n) is 2.72. The minimum absolute atomic E-state index is 0.426. The van der Waals surface area contributed by atoms with E-state index in [1.807, 2.05) is 18.2 Å². The van der Waals surface area contributed by atoms with Gasteiger partial charge in [0.1, 0.15) is 0 Å². The van der Waals surface area contributed by atoms with Gasteiger partial charge in [0.2, 0.25) is 0 Å². The van der Waals surface area contributed by atoms with Crippen LogP contribution in [0.3, 0.4) is 0 Å². The summed E-state index contributed by atoms with van der Waals surface area (Å²) >= 11 is 7.88. The molecule has 0 aliphatic rings. The first-order valence-electron chi connectivity index (χ1n) is 5.73. The molecule has 1 unspecified atom stereocenters. The van der Waals surface area contributed by atoms with E-state index in [-0.39, 0.29) is 0 Å². The molecule has 1 heterocycles. The van der Waals surface area contributed by atoms with Gasteiger partial charge < -0.3 is 5.32 Å². The molecule has 2 rings (SSSR count). The van der Waals surface area contributed by atoms with Gasteiger partial charge in [-0.2, -0.15) is 11.3 Å². The summed E-state index contributed by atoms with van der Waals surface area (Å²) in [6.45, 7) is 3.12. The lowest BCUT2D eigenvalue weighted by Gasteiger charge is -2.14. The van der Waals surface area contributed by atoms with Crippen molar-refractivity contribution in [2.45, 2.75) is 25.9 Å². The van der Waals surface area contributed by atoms with E-state index < -0.39 is 0 Å². The smallest absolute Gasteiger partial charge is 0.0438 e. The first-order chi connectivity index (χ1) is 8.25. The molecule has 0 amide bonds. The van der Waals surface area contributed by atoms with Crippen molar-refractivity contribution in [2.75, 3.05) is 0 Å². The maximum atomic E-state index is 6.14. The molecule has 1 aromatic carbocycles. The largest absolute Gasteiger partial charge is 0.310 e. The Bertz CT molecular complexity index is 453. The summed E-state index contributed by atoms with van der Waals surface area (Å²) in [5.41, 5.74) is 2.56. The molecule has 0 fully saturated rings. The molecule has 0 aliphatic heterocycles. The van der Waals surface area contributed by atoms with Crippen molar-refractivity contribution in [2.24, 2.45) is 0 Å². The lowest BCUT2D eigenvalue weighted by atomic mass is 10.1. The Hall–Kier alpha value is -0.830. The van der Waals surface area contributed by atoms with E-state index in [1.165, 1.54) is 11.1 Å².